The van der Waals surface area contributed by atoms with Crippen molar-refractivity contribution in [1.29, 1.82) is 0 Å². The number of likely N-dealkylation sites (tertiary alicyclic amines) is 1. The summed E-state index contributed by atoms with van der Waals surface area (Å²) in [6, 6.07) is 11.4. The van der Waals surface area contributed by atoms with E-state index in [1.807, 2.05) is 59.0 Å². The maximum Gasteiger partial charge on any atom is 0.407 e. The van der Waals surface area contributed by atoms with Crippen molar-refractivity contribution in [3.05, 3.63) is 71.8 Å². The van der Waals surface area contributed by atoms with E-state index in [1.54, 1.807) is 28.1 Å². The Hall–Kier alpha value is -6.30. The molecular formula is C48H59N9O8S. The first-order valence-corrected chi connectivity index (χ1v) is 24.3. The minimum Gasteiger partial charge on any atom is -0.453 e. The van der Waals surface area contributed by atoms with Crippen LogP contribution in [0.4, 0.5) is 15.3 Å². The molecule has 4 heterocycles. The van der Waals surface area contributed by atoms with Crippen molar-refractivity contribution >= 4 is 45.5 Å². The number of benzene rings is 2. The van der Waals surface area contributed by atoms with Crippen LogP contribution >= 0.6 is 0 Å². The lowest BCUT2D eigenvalue weighted by Crippen LogP contribution is -2.54. The number of nitrogens with zero attached hydrogens (tertiary/aromatic N) is 5. The zero-order chi connectivity index (χ0) is 47.0. The lowest BCUT2D eigenvalue weighted by molar-refractivity contribution is -0.135. The van der Waals surface area contributed by atoms with E-state index in [2.05, 4.69) is 42.4 Å². The van der Waals surface area contributed by atoms with Crippen LogP contribution in [0.2, 0.25) is 0 Å². The summed E-state index contributed by atoms with van der Waals surface area (Å²) in [6.45, 7) is 10.6. The van der Waals surface area contributed by atoms with Crippen LogP contribution in [0.1, 0.15) is 102 Å². The maximum atomic E-state index is 14.0. The number of H-pyrrole nitrogens is 1. The molecule has 5 atom stereocenters. The van der Waals surface area contributed by atoms with Crippen molar-refractivity contribution in [2.75, 3.05) is 32.6 Å². The topological polar surface area (TPSA) is 217 Å². The first-order valence-electron chi connectivity index (χ1n) is 22.8. The Bertz CT molecular complexity index is 2660. The lowest BCUT2D eigenvalue weighted by atomic mass is 9.84. The minimum atomic E-state index is -4.16. The number of sulfonamides is 1. The number of fused-ring (bicyclic) bond motifs is 6. The summed E-state index contributed by atoms with van der Waals surface area (Å²) < 4.78 is 41.7. The molecular weight excluding hydrogens is 863 g/mol. The Morgan fingerprint density at radius 2 is 1.50 bits per heavy atom. The molecule has 4 N–H and O–H groups in total. The van der Waals surface area contributed by atoms with Gasteiger partial charge in [-0.1, -0.05) is 65.0 Å². The number of carbonyl (C=O) groups excluding carboxylic acids is 4. The van der Waals surface area contributed by atoms with Crippen LogP contribution < -0.4 is 16.0 Å². The molecule has 350 valence electrons. The number of pyridine rings is 1. The fourth-order valence-corrected chi connectivity index (χ4v) is 11.3. The summed E-state index contributed by atoms with van der Waals surface area (Å²) in [6.07, 6.45) is 7.30. The van der Waals surface area contributed by atoms with Gasteiger partial charge in [-0.2, -0.15) is 8.42 Å². The van der Waals surface area contributed by atoms with E-state index in [0.29, 0.717) is 49.3 Å². The van der Waals surface area contributed by atoms with Crippen LogP contribution in [-0.2, 0) is 35.6 Å². The summed E-state index contributed by atoms with van der Waals surface area (Å²) in [4.78, 5) is 67.8. The molecule has 2 fully saturated rings. The number of rotatable bonds is 14. The average Bonchev–Trinajstić information content (AvgIpc) is 4.15. The van der Waals surface area contributed by atoms with Gasteiger partial charge in [-0.05, 0) is 96.6 Å². The highest BCUT2D eigenvalue weighted by Crippen LogP contribution is 2.58. The predicted octanol–water partition coefficient (Wildman–Crippen LogP) is 7.17. The Kier molecular flexibility index (Phi) is 13.2. The number of aromatic amines is 1. The van der Waals surface area contributed by atoms with Crippen molar-refractivity contribution in [3.63, 3.8) is 0 Å². The molecule has 2 aromatic carbocycles. The lowest BCUT2D eigenvalue weighted by Gasteiger charge is -2.32. The molecule has 2 bridgehead atoms. The molecule has 1 saturated heterocycles. The van der Waals surface area contributed by atoms with Gasteiger partial charge in [-0.3, -0.25) is 14.6 Å². The van der Waals surface area contributed by atoms with E-state index in [-0.39, 0.29) is 40.9 Å². The summed E-state index contributed by atoms with van der Waals surface area (Å²) in [5.74, 6) is 0.584. The number of methoxy groups -OCH3 is 2. The van der Waals surface area contributed by atoms with Crippen molar-refractivity contribution in [2.45, 2.75) is 115 Å². The SMILES string of the molecule is CCCN(Cc1ncc(-c2ccc(-c3ncc(-c4ccc5c(c4)S(=O)(=O)N=C(C4CCCN4C(=O)C(NC(=O)OC)C(C)C)N5)c4c3C3CCC4C3)cc2)[nH]1)C(=O)C(NC(=O)OC)C(C)C. The van der Waals surface area contributed by atoms with Gasteiger partial charge in [0.05, 0.1) is 50.1 Å². The van der Waals surface area contributed by atoms with E-state index in [9.17, 15) is 27.6 Å². The third kappa shape index (κ3) is 8.98. The van der Waals surface area contributed by atoms with Crippen molar-refractivity contribution in [2.24, 2.45) is 16.2 Å². The molecule has 0 spiro atoms. The molecule has 66 heavy (non-hydrogen) atoms. The van der Waals surface area contributed by atoms with Crippen LogP contribution in [0.3, 0.4) is 0 Å². The van der Waals surface area contributed by atoms with Crippen LogP contribution in [0.15, 0.2) is 64.2 Å². The smallest absolute Gasteiger partial charge is 0.407 e. The number of carbonyl (C=O) groups is 4. The fourth-order valence-electron chi connectivity index (χ4n) is 10.1. The molecule has 4 amide bonds. The van der Waals surface area contributed by atoms with Gasteiger partial charge in [0.15, 0.2) is 0 Å². The highest BCUT2D eigenvalue weighted by molar-refractivity contribution is 7.90. The van der Waals surface area contributed by atoms with Gasteiger partial charge in [0.2, 0.25) is 11.8 Å². The zero-order valence-corrected chi connectivity index (χ0v) is 39.3. The number of hydrogen-bond donors (Lipinski definition) is 4. The van der Waals surface area contributed by atoms with E-state index in [0.717, 1.165) is 59.3 Å². The Labute approximate surface area is 385 Å². The molecule has 0 radical (unpaired) electrons. The summed E-state index contributed by atoms with van der Waals surface area (Å²) in [5.41, 5.74) is 8.11. The van der Waals surface area contributed by atoms with Gasteiger partial charge in [-0.25, -0.2) is 14.6 Å². The maximum absolute atomic E-state index is 14.0. The number of imidazole rings is 1. The number of hydrogen-bond acceptors (Lipinski definition) is 11. The van der Waals surface area contributed by atoms with E-state index < -0.39 is 40.3 Å². The molecule has 2 aliphatic heterocycles. The standard InChI is InChI=1S/C48H59N9O8S/c1-8-19-56(45(58)41(26(2)3)53-47(60)64-6)25-38-49-24-35(51-38)28-11-13-29(14-12-28)43-40-32-16-15-31(21-32)39(40)33(23-50-43)30-17-18-34-37(22-30)66(62,63)55-44(52-34)36-10-9-20-57(36)46(59)42(27(4)5)54-48(61)65-7/h11-14,17-18,22-24,26-27,31-32,36,41-42H,8-10,15-16,19-21,25H2,1-7H3,(H,49,51)(H,52,55)(H,53,60)(H,54,61). The number of alkyl carbamates (subject to hydrolysis) is 2. The average molecular weight is 922 g/mol. The molecule has 2 aromatic heterocycles. The minimum absolute atomic E-state index is 0.0607. The fraction of sp³-hybridized carbons (Fsp3) is 0.479. The number of ether oxygens (including phenoxy) is 2. The van der Waals surface area contributed by atoms with Crippen molar-refractivity contribution < 1.29 is 37.1 Å². The Morgan fingerprint density at radius 3 is 2.17 bits per heavy atom. The van der Waals surface area contributed by atoms with Gasteiger partial charge >= 0.3 is 12.2 Å². The molecule has 8 rings (SSSR count). The zero-order valence-electron chi connectivity index (χ0n) is 38.5. The normalized spacial score (nSPS) is 19.9. The first-order chi connectivity index (χ1) is 31.6. The molecule has 2 aliphatic carbocycles. The van der Waals surface area contributed by atoms with Gasteiger partial charge in [0.25, 0.3) is 10.0 Å². The second kappa shape index (κ2) is 18.9. The number of amidine groups is 1. The van der Waals surface area contributed by atoms with E-state index in [4.69, 9.17) is 14.5 Å². The monoisotopic (exact) mass is 921 g/mol. The predicted molar refractivity (Wildman–Crippen MR) is 249 cm³/mol. The highest BCUT2D eigenvalue weighted by atomic mass is 32.2. The van der Waals surface area contributed by atoms with Gasteiger partial charge in [0.1, 0.15) is 28.6 Å². The Morgan fingerprint density at radius 1 is 0.848 bits per heavy atom. The van der Waals surface area contributed by atoms with Crippen LogP contribution in [0, 0.1) is 11.8 Å². The highest BCUT2D eigenvalue weighted by Gasteiger charge is 2.43. The third-order valence-electron chi connectivity index (χ3n) is 13.3. The van der Waals surface area contributed by atoms with Crippen LogP contribution in [0.25, 0.3) is 33.6 Å². The number of nitrogens with one attached hydrogen (secondary N) is 4. The van der Waals surface area contributed by atoms with Crippen LogP contribution in [0.5, 0.6) is 0 Å². The third-order valence-corrected chi connectivity index (χ3v) is 14.7. The van der Waals surface area contributed by atoms with Crippen LogP contribution in [-0.4, -0.2) is 108 Å². The molecule has 1 saturated carbocycles. The van der Waals surface area contributed by atoms with Crippen molar-refractivity contribution in [1.82, 2.24) is 35.4 Å². The first kappa shape index (κ1) is 46.2. The quantitative estimate of drug-likeness (QED) is 0.0994. The van der Waals surface area contributed by atoms with E-state index >= 15 is 0 Å². The van der Waals surface area contributed by atoms with Gasteiger partial charge in [-0.15, -0.1) is 4.40 Å². The molecule has 4 aliphatic rings. The summed E-state index contributed by atoms with van der Waals surface area (Å²) in [5, 5.41) is 8.56. The second-order valence-electron chi connectivity index (χ2n) is 18.3. The van der Waals surface area contributed by atoms with Gasteiger partial charge < -0.3 is 40.2 Å². The molecule has 18 heteroatoms. The van der Waals surface area contributed by atoms with Gasteiger partial charge in [0, 0.05) is 30.4 Å². The number of aromatic nitrogens is 3. The number of amides is 4. The van der Waals surface area contributed by atoms with Crippen molar-refractivity contribution in [3.8, 4) is 33.6 Å². The largest absolute Gasteiger partial charge is 0.453 e. The Balaban J connectivity index is 1.02. The summed E-state index contributed by atoms with van der Waals surface area (Å²) in [7, 11) is -1.65. The number of anilines is 1. The second-order valence-corrected chi connectivity index (χ2v) is 19.9. The summed E-state index contributed by atoms with van der Waals surface area (Å²) >= 11 is 0. The molecule has 4 aromatic rings. The molecule has 17 nitrogen and oxygen atoms in total. The van der Waals surface area contributed by atoms with E-state index in [1.165, 1.54) is 25.3 Å². The molecule has 5 unspecified atom stereocenters.